The molecule has 23 heavy (non-hydrogen) atoms. The monoisotopic (exact) mass is 509 g/mol. The fourth-order valence-electron chi connectivity index (χ4n) is 2.43. The summed E-state index contributed by atoms with van der Waals surface area (Å²) in [4.78, 5) is 0. The molecular weight excluding hydrogens is 492 g/mol. The Bertz CT molecular complexity index is 670. The number of allylic oxidation sites excluding steroid dienone is 5. The van der Waals surface area contributed by atoms with Gasteiger partial charge in [-0.1, -0.05) is 25.1 Å². The Labute approximate surface area is 169 Å². The van der Waals surface area contributed by atoms with E-state index in [9.17, 15) is 0 Å². The molecule has 0 spiro atoms. The summed E-state index contributed by atoms with van der Waals surface area (Å²) in [5, 5.41) is 0. The summed E-state index contributed by atoms with van der Waals surface area (Å²) in [5.41, 5.74) is 3.89. The molecule has 4 rings (SSSR count). The van der Waals surface area contributed by atoms with E-state index in [-0.39, 0.29) is 56.7 Å². The molecule has 1 nitrogen and oxygen atoms in total. The first kappa shape index (κ1) is 22.2. The van der Waals surface area contributed by atoms with Gasteiger partial charge in [-0.2, -0.15) is 11.6 Å². The zero-order valence-electron chi connectivity index (χ0n) is 12.8. The van der Waals surface area contributed by atoms with Crippen LogP contribution in [0.25, 0.3) is 6.08 Å². The fraction of sp³-hybridized carbons (Fsp3) is 0.158. The van der Waals surface area contributed by atoms with Crippen molar-refractivity contribution in [2.75, 3.05) is 0 Å². The minimum Gasteiger partial charge on any atom is -1.00 e. The van der Waals surface area contributed by atoms with Crippen LogP contribution in [0.4, 0.5) is 0 Å². The third-order valence-electron chi connectivity index (χ3n) is 3.48. The molecule has 116 valence electrons. The molecular formula is C19H17Cl2HfN. The molecule has 1 aromatic heterocycles. The maximum atomic E-state index is 3.36. The van der Waals surface area contributed by atoms with E-state index in [2.05, 4.69) is 78.5 Å². The van der Waals surface area contributed by atoms with Gasteiger partial charge < -0.3 is 29.4 Å². The second-order valence-corrected chi connectivity index (χ2v) is 4.94. The zero-order chi connectivity index (χ0) is 13.8. The number of halogens is 2. The van der Waals surface area contributed by atoms with E-state index >= 15 is 0 Å². The number of aromatic nitrogens is 1. The van der Waals surface area contributed by atoms with E-state index in [1.807, 2.05) is 12.1 Å². The normalized spacial score (nSPS) is 16.0. The van der Waals surface area contributed by atoms with Crippen molar-refractivity contribution in [3.63, 3.8) is 0 Å². The SMILES string of the molecule is CC1=[C-]CC=C1.[C-]1=Cc2ccccc2C1n1cccc1.[Cl-].[Cl-].[Hf+4]. The third kappa shape index (κ3) is 5.63. The van der Waals surface area contributed by atoms with Crippen molar-refractivity contribution in [1.82, 2.24) is 4.57 Å². The molecule has 0 amide bonds. The first-order valence-corrected chi connectivity index (χ1v) is 6.89. The van der Waals surface area contributed by atoms with Gasteiger partial charge in [-0.3, -0.25) is 6.08 Å². The van der Waals surface area contributed by atoms with E-state index in [4.69, 9.17) is 0 Å². The van der Waals surface area contributed by atoms with Gasteiger partial charge in [0.1, 0.15) is 0 Å². The molecule has 0 radical (unpaired) electrons. The molecule has 1 unspecified atom stereocenters. The standard InChI is InChI=1S/C13H10N.C6H7.2ClH.Hf/c1-2-6-12-11(5-1)7-8-13(12)14-9-3-4-10-14;1-6-4-2-3-5-6;;;/h1-7,9-10,13H;2,4H,3H2,1H3;2*1H;/q2*-1;;;+4/p-2. The summed E-state index contributed by atoms with van der Waals surface area (Å²) in [5.74, 6) is 0. The van der Waals surface area contributed by atoms with Crippen molar-refractivity contribution in [2.24, 2.45) is 0 Å². The predicted molar refractivity (Wildman–Crippen MR) is 82.9 cm³/mol. The quantitative estimate of drug-likeness (QED) is 0.330. The summed E-state index contributed by atoms with van der Waals surface area (Å²) in [7, 11) is 0. The predicted octanol–water partition coefficient (Wildman–Crippen LogP) is -1.39. The van der Waals surface area contributed by atoms with Crippen molar-refractivity contribution in [1.29, 1.82) is 0 Å². The zero-order valence-corrected chi connectivity index (χ0v) is 17.9. The van der Waals surface area contributed by atoms with Crippen LogP contribution in [-0.2, 0) is 25.8 Å². The first-order chi connectivity index (χ1) is 9.84. The number of hydrogen-bond donors (Lipinski definition) is 0. The smallest absolute Gasteiger partial charge is 1.00 e. The van der Waals surface area contributed by atoms with Crippen molar-refractivity contribution >= 4 is 6.08 Å². The number of hydrogen-bond acceptors (Lipinski definition) is 0. The van der Waals surface area contributed by atoms with Gasteiger partial charge in [-0.15, -0.1) is 18.1 Å². The topological polar surface area (TPSA) is 4.93 Å². The molecule has 4 heteroatoms. The summed E-state index contributed by atoms with van der Waals surface area (Å²) >= 11 is 0. The van der Waals surface area contributed by atoms with Gasteiger partial charge in [-0.05, 0) is 18.2 Å². The molecule has 1 atom stereocenters. The average molecular weight is 509 g/mol. The summed E-state index contributed by atoms with van der Waals surface area (Å²) in [6, 6.07) is 12.8. The number of benzene rings is 1. The van der Waals surface area contributed by atoms with Crippen LogP contribution in [0.2, 0.25) is 0 Å². The van der Waals surface area contributed by atoms with Crippen LogP contribution < -0.4 is 24.8 Å². The molecule has 2 aliphatic carbocycles. The third-order valence-corrected chi connectivity index (χ3v) is 3.48. The Kier molecular flexibility index (Phi) is 10.5. The van der Waals surface area contributed by atoms with Crippen LogP contribution >= 0.6 is 0 Å². The fourth-order valence-corrected chi connectivity index (χ4v) is 2.43. The molecule has 0 aliphatic heterocycles. The van der Waals surface area contributed by atoms with Crippen molar-refractivity contribution in [3.8, 4) is 0 Å². The van der Waals surface area contributed by atoms with Gasteiger partial charge in [0.2, 0.25) is 0 Å². The minimum absolute atomic E-state index is 0. The van der Waals surface area contributed by atoms with Gasteiger partial charge in [0, 0.05) is 12.4 Å². The Morgan fingerprint density at radius 3 is 2.30 bits per heavy atom. The van der Waals surface area contributed by atoms with Gasteiger partial charge >= 0.3 is 25.8 Å². The maximum Gasteiger partial charge on any atom is 4.00 e. The molecule has 0 bridgehead atoms. The first-order valence-electron chi connectivity index (χ1n) is 6.89. The average Bonchev–Trinajstić information content (AvgIpc) is 3.19. The van der Waals surface area contributed by atoms with Crippen LogP contribution in [0.3, 0.4) is 0 Å². The summed E-state index contributed by atoms with van der Waals surface area (Å²) in [6.07, 6.45) is 17.9. The van der Waals surface area contributed by atoms with Gasteiger partial charge in [0.25, 0.3) is 0 Å². The maximum absolute atomic E-state index is 3.36. The molecule has 1 heterocycles. The van der Waals surface area contributed by atoms with E-state index in [0.29, 0.717) is 0 Å². The van der Waals surface area contributed by atoms with Crippen molar-refractivity contribution in [3.05, 3.63) is 89.8 Å². The Morgan fingerprint density at radius 1 is 1.04 bits per heavy atom. The molecule has 0 saturated carbocycles. The largest absolute Gasteiger partial charge is 4.00 e. The Morgan fingerprint density at radius 2 is 1.74 bits per heavy atom. The molecule has 2 aliphatic rings. The van der Waals surface area contributed by atoms with Crippen LogP contribution in [0.15, 0.2) is 66.5 Å². The number of fused-ring (bicyclic) bond motifs is 1. The van der Waals surface area contributed by atoms with Crippen LogP contribution in [0.1, 0.15) is 30.5 Å². The summed E-state index contributed by atoms with van der Waals surface area (Å²) in [6.45, 7) is 2.06. The van der Waals surface area contributed by atoms with Gasteiger partial charge in [-0.25, -0.2) is 23.8 Å². The van der Waals surface area contributed by atoms with Crippen LogP contribution in [-0.4, -0.2) is 4.57 Å². The van der Waals surface area contributed by atoms with E-state index < -0.39 is 0 Å². The van der Waals surface area contributed by atoms with Gasteiger partial charge in [0.05, 0.1) is 0 Å². The van der Waals surface area contributed by atoms with E-state index in [1.165, 1.54) is 16.7 Å². The van der Waals surface area contributed by atoms with E-state index in [0.717, 1.165) is 6.42 Å². The van der Waals surface area contributed by atoms with Crippen LogP contribution in [0, 0.1) is 12.2 Å². The number of nitrogens with zero attached hydrogens (tertiary/aromatic N) is 1. The van der Waals surface area contributed by atoms with Gasteiger partial charge in [0.15, 0.2) is 0 Å². The van der Waals surface area contributed by atoms with E-state index in [1.54, 1.807) is 0 Å². The Hall–Kier alpha value is -0.830. The molecule has 2 aromatic rings. The molecule has 0 N–H and O–H groups in total. The number of rotatable bonds is 1. The van der Waals surface area contributed by atoms with Crippen molar-refractivity contribution < 1.29 is 50.7 Å². The second-order valence-electron chi connectivity index (χ2n) is 4.94. The summed E-state index contributed by atoms with van der Waals surface area (Å²) < 4.78 is 2.17. The molecule has 0 fully saturated rings. The van der Waals surface area contributed by atoms with Crippen LogP contribution in [0.5, 0.6) is 0 Å². The molecule has 0 saturated heterocycles. The molecule has 1 aromatic carbocycles. The van der Waals surface area contributed by atoms with Crippen molar-refractivity contribution in [2.45, 2.75) is 19.4 Å². The second kappa shape index (κ2) is 10.9. The Balaban J connectivity index is 0.000000469. The minimum atomic E-state index is 0.